The molecule has 0 fully saturated rings. The lowest BCUT2D eigenvalue weighted by Gasteiger charge is -2.26. The van der Waals surface area contributed by atoms with E-state index in [9.17, 15) is 4.79 Å². The van der Waals surface area contributed by atoms with Crippen molar-refractivity contribution in [3.05, 3.63) is 78.1 Å². The summed E-state index contributed by atoms with van der Waals surface area (Å²) in [6, 6.07) is 16.1. The highest BCUT2D eigenvalue weighted by Gasteiger charge is 2.32. The van der Waals surface area contributed by atoms with Crippen LogP contribution >= 0.6 is 23.1 Å². The predicted octanol–water partition coefficient (Wildman–Crippen LogP) is 5.87. The molecular weight excluding hydrogens is 424 g/mol. The fourth-order valence-corrected chi connectivity index (χ4v) is 5.77. The summed E-state index contributed by atoms with van der Waals surface area (Å²) >= 11 is 3.30. The number of nitrogens with zero attached hydrogens (tertiary/aromatic N) is 3. The smallest absolute Gasteiger partial charge is 0.228 e. The molecule has 31 heavy (non-hydrogen) atoms. The molecule has 1 aliphatic rings. The maximum absolute atomic E-state index is 13.2. The second kappa shape index (κ2) is 8.69. The van der Waals surface area contributed by atoms with E-state index in [4.69, 9.17) is 4.98 Å². The van der Waals surface area contributed by atoms with Gasteiger partial charge >= 0.3 is 0 Å². The van der Waals surface area contributed by atoms with Crippen LogP contribution in [-0.2, 0) is 11.8 Å². The monoisotopic (exact) mass is 446 g/mol. The minimum atomic E-state index is -0.118. The van der Waals surface area contributed by atoms with E-state index in [1.807, 2.05) is 60.3 Å². The van der Waals surface area contributed by atoms with E-state index in [-0.39, 0.29) is 17.7 Å². The van der Waals surface area contributed by atoms with Crippen LogP contribution < -0.4 is 5.32 Å². The average Bonchev–Trinajstić information content (AvgIpc) is 3.41. The molecule has 2 aromatic carbocycles. The van der Waals surface area contributed by atoms with Gasteiger partial charge in [-0.05, 0) is 49.2 Å². The van der Waals surface area contributed by atoms with E-state index in [1.54, 1.807) is 29.3 Å². The number of aryl methyl sites for hydroxylation is 1. The van der Waals surface area contributed by atoms with Crippen molar-refractivity contribution >= 4 is 44.9 Å². The number of benzene rings is 2. The number of amides is 1. The zero-order valence-corrected chi connectivity index (χ0v) is 18.7. The fourth-order valence-electron chi connectivity index (χ4n) is 3.82. The zero-order valence-electron chi connectivity index (χ0n) is 17.1. The Labute approximate surface area is 189 Å². The third-order valence-electron chi connectivity index (χ3n) is 5.50. The number of nitrogens with one attached hydrogen (secondary N) is 1. The molecule has 2 aromatic heterocycles. The first-order chi connectivity index (χ1) is 15.2. The fraction of sp³-hybridized carbons (Fsp3) is 0.208. The van der Waals surface area contributed by atoms with Gasteiger partial charge in [-0.2, -0.15) is 0 Å². The molecule has 4 aromatic rings. The van der Waals surface area contributed by atoms with E-state index < -0.39 is 0 Å². The molecule has 156 valence electrons. The third-order valence-corrected chi connectivity index (χ3v) is 7.76. The number of anilines is 1. The maximum Gasteiger partial charge on any atom is 0.228 e. The normalized spacial score (nSPS) is 18.4. The number of para-hydroxylation sites is 1. The van der Waals surface area contributed by atoms with Crippen molar-refractivity contribution in [3.63, 3.8) is 0 Å². The summed E-state index contributed by atoms with van der Waals surface area (Å²) in [5.41, 5.74) is 1.82. The van der Waals surface area contributed by atoms with Gasteiger partial charge in [-0.25, -0.2) is 9.97 Å². The van der Waals surface area contributed by atoms with Gasteiger partial charge in [0.2, 0.25) is 5.91 Å². The molecule has 5 rings (SSSR count). The number of fused-ring (bicyclic) bond motifs is 1. The lowest BCUT2D eigenvalue weighted by molar-refractivity contribution is -0.120. The van der Waals surface area contributed by atoms with Crippen molar-refractivity contribution in [2.75, 3.05) is 5.32 Å². The summed E-state index contributed by atoms with van der Waals surface area (Å²) in [6.45, 7) is 0. The molecule has 0 saturated heterocycles. The summed E-state index contributed by atoms with van der Waals surface area (Å²) in [6.07, 6.45) is 9.58. The molecule has 2 unspecified atom stereocenters. The largest absolute Gasteiger partial charge is 0.329 e. The first kappa shape index (κ1) is 20.0. The average molecular weight is 447 g/mol. The molecular formula is C24H22N4OS2. The molecule has 0 bridgehead atoms. The first-order valence-corrected chi connectivity index (χ1v) is 11.9. The van der Waals surface area contributed by atoms with Gasteiger partial charge in [-0.15, -0.1) is 11.3 Å². The Balaban J connectivity index is 1.30. The number of aromatic nitrogens is 3. The van der Waals surface area contributed by atoms with E-state index in [0.29, 0.717) is 0 Å². The minimum absolute atomic E-state index is 0.0538. The van der Waals surface area contributed by atoms with Crippen LogP contribution in [0.25, 0.3) is 10.2 Å². The van der Waals surface area contributed by atoms with Gasteiger partial charge < -0.3 is 9.88 Å². The number of allylic oxidation sites excluding steroid dienone is 2. The summed E-state index contributed by atoms with van der Waals surface area (Å²) in [7, 11) is 1.98. The molecule has 1 N–H and O–H groups in total. The highest BCUT2D eigenvalue weighted by molar-refractivity contribution is 7.99. The molecule has 2 atom stereocenters. The van der Waals surface area contributed by atoms with Crippen molar-refractivity contribution < 1.29 is 4.79 Å². The second-order valence-corrected chi connectivity index (χ2v) is 9.71. The molecule has 2 heterocycles. The topological polar surface area (TPSA) is 59.8 Å². The van der Waals surface area contributed by atoms with Crippen LogP contribution in [0.2, 0.25) is 0 Å². The zero-order chi connectivity index (χ0) is 21.2. The van der Waals surface area contributed by atoms with Crippen molar-refractivity contribution in [2.24, 2.45) is 13.0 Å². The lowest BCUT2D eigenvalue weighted by Crippen LogP contribution is -2.29. The Hall–Kier alpha value is -2.90. The Morgan fingerprint density at radius 3 is 2.71 bits per heavy atom. The van der Waals surface area contributed by atoms with Gasteiger partial charge in [-0.3, -0.25) is 4.79 Å². The van der Waals surface area contributed by atoms with Crippen molar-refractivity contribution in [3.8, 4) is 0 Å². The lowest BCUT2D eigenvalue weighted by atomic mass is 9.82. The minimum Gasteiger partial charge on any atom is -0.329 e. The number of hydrogen-bond donors (Lipinski definition) is 1. The van der Waals surface area contributed by atoms with E-state index in [0.717, 1.165) is 39.1 Å². The standard InChI is InChI=1S/C24H22N4OS2/c1-28-15-14-25-24(28)30-17-12-10-16(11-13-17)26-22(29)18-6-2-3-7-19(18)23-27-20-8-4-5-9-21(20)31-23/h2-5,8-15,18-19H,6-7H2,1H3,(H,26,29). The number of carbonyl (C=O) groups excluding carboxylic acids is 1. The maximum atomic E-state index is 13.2. The van der Waals surface area contributed by atoms with Gasteiger partial charge in [0.25, 0.3) is 0 Å². The van der Waals surface area contributed by atoms with Crippen LogP contribution in [0, 0.1) is 5.92 Å². The molecule has 1 aliphatic carbocycles. The number of thiazole rings is 1. The Kier molecular flexibility index (Phi) is 5.61. The van der Waals surface area contributed by atoms with Crippen molar-refractivity contribution in [1.29, 1.82) is 0 Å². The highest BCUT2D eigenvalue weighted by Crippen LogP contribution is 2.39. The Morgan fingerprint density at radius 1 is 1.13 bits per heavy atom. The second-order valence-electron chi connectivity index (χ2n) is 7.61. The van der Waals surface area contributed by atoms with Crippen LogP contribution in [0.3, 0.4) is 0 Å². The first-order valence-electron chi connectivity index (χ1n) is 10.2. The quantitative estimate of drug-likeness (QED) is 0.390. The Morgan fingerprint density at radius 2 is 1.94 bits per heavy atom. The van der Waals surface area contributed by atoms with Crippen LogP contribution in [0.15, 0.2) is 83.1 Å². The van der Waals surface area contributed by atoms with Crippen LogP contribution in [0.5, 0.6) is 0 Å². The summed E-state index contributed by atoms with van der Waals surface area (Å²) in [5, 5.41) is 5.10. The van der Waals surface area contributed by atoms with Crippen molar-refractivity contribution in [1.82, 2.24) is 14.5 Å². The third kappa shape index (κ3) is 4.29. The van der Waals surface area contributed by atoms with Gasteiger partial charge in [-0.1, -0.05) is 36.0 Å². The van der Waals surface area contributed by atoms with Gasteiger partial charge in [0.1, 0.15) is 0 Å². The van der Waals surface area contributed by atoms with E-state index in [2.05, 4.69) is 28.5 Å². The molecule has 1 amide bonds. The molecule has 0 spiro atoms. The van der Waals surface area contributed by atoms with Crippen LogP contribution in [0.4, 0.5) is 5.69 Å². The van der Waals surface area contributed by atoms with Crippen LogP contribution in [-0.4, -0.2) is 20.4 Å². The number of hydrogen-bond acceptors (Lipinski definition) is 5. The molecule has 0 aliphatic heterocycles. The van der Waals surface area contributed by atoms with Gasteiger partial charge in [0.05, 0.1) is 21.1 Å². The highest BCUT2D eigenvalue weighted by atomic mass is 32.2. The Bertz CT molecular complexity index is 1210. The van der Waals surface area contributed by atoms with E-state index in [1.165, 1.54) is 4.70 Å². The molecule has 0 saturated carbocycles. The van der Waals surface area contributed by atoms with E-state index >= 15 is 0 Å². The predicted molar refractivity (Wildman–Crippen MR) is 127 cm³/mol. The SMILES string of the molecule is Cn1ccnc1Sc1ccc(NC(=O)C2CC=CCC2c2nc3ccccc3s2)cc1. The number of rotatable bonds is 5. The van der Waals surface area contributed by atoms with Crippen LogP contribution in [0.1, 0.15) is 23.8 Å². The van der Waals surface area contributed by atoms with Crippen molar-refractivity contribution in [2.45, 2.75) is 28.8 Å². The molecule has 7 heteroatoms. The number of imidazole rings is 1. The molecule has 5 nitrogen and oxygen atoms in total. The van der Waals surface area contributed by atoms with Gasteiger partial charge in [0.15, 0.2) is 5.16 Å². The summed E-state index contributed by atoms with van der Waals surface area (Å²) in [5.74, 6) is 0.0472. The molecule has 0 radical (unpaired) electrons. The van der Waals surface area contributed by atoms with Gasteiger partial charge in [0, 0.05) is 35.9 Å². The summed E-state index contributed by atoms with van der Waals surface area (Å²) in [4.78, 5) is 23.4. The number of carbonyl (C=O) groups is 1. The summed E-state index contributed by atoms with van der Waals surface area (Å²) < 4.78 is 3.16.